The number of nitrogens with zero attached hydrogens (tertiary/aromatic N) is 1. The second-order valence-corrected chi connectivity index (χ2v) is 4.70. The molecule has 0 spiro atoms. The van der Waals surface area contributed by atoms with Crippen LogP contribution < -0.4 is 5.32 Å². The van der Waals surface area contributed by atoms with Gasteiger partial charge in [-0.15, -0.1) is 0 Å². The summed E-state index contributed by atoms with van der Waals surface area (Å²) in [6, 6.07) is -0.144. The number of likely N-dealkylation sites (N-methyl/N-ethyl adjacent to an activating group) is 2. The molecular weight excluding hydrogens is 229 g/mol. The van der Waals surface area contributed by atoms with Crippen LogP contribution in [0.2, 0.25) is 0 Å². The number of rotatable bonds is 7. The van der Waals surface area contributed by atoms with E-state index in [1.807, 2.05) is 32.8 Å². The van der Waals surface area contributed by atoms with Crippen LogP contribution >= 0.6 is 0 Å². The van der Waals surface area contributed by atoms with Crippen molar-refractivity contribution in [1.29, 1.82) is 0 Å². The van der Waals surface area contributed by atoms with Crippen molar-refractivity contribution in [3.63, 3.8) is 0 Å². The molecule has 0 aliphatic rings. The first-order valence-corrected chi connectivity index (χ1v) is 6.15. The van der Waals surface area contributed by atoms with E-state index in [0.717, 1.165) is 12.8 Å². The molecule has 17 heavy (non-hydrogen) atoms. The number of nitrogens with one attached hydrogen (secondary N) is 1. The topological polar surface area (TPSA) is 15.3 Å². The van der Waals surface area contributed by atoms with Crippen molar-refractivity contribution in [2.45, 2.75) is 57.3 Å². The Labute approximate surface area is 103 Å². The molecule has 0 aliphatic carbocycles. The summed E-state index contributed by atoms with van der Waals surface area (Å²) in [6.45, 7) is 4.06. The van der Waals surface area contributed by atoms with E-state index in [1.165, 1.54) is 0 Å². The van der Waals surface area contributed by atoms with Gasteiger partial charge < -0.3 is 10.2 Å². The van der Waals surface area contributed by atoms with Crippen molar-refractivity contribution in [2.24, 2.45) is 0 Å². The summed E-state index contributed by atoms with van der Waals surface area (Å²) >= 11 is 0. The van der Waals surface area contributed by atoms with Gasteiger partial charge in [0.15, 0.2) is 0 Å². The largest absolute Gasteiger partial charge is 0.389 e. The summed E-state index contributed by atoms with van der Waals surface area (Å²) < 4.78 is 36.9. The zero-order valence-corrected chi connectivity index (χ0v) is 11.5. The number of hydrogen-bond acceptors (Lipinski definition) is 2. The minimum Gasteiger partial charge on any atom is -0.315 e. The summed E-state index contributed by atoms with van der Waals surface area (Å²) in [7, 11) is 5.61. The van der Waals surface area contributed by atoms with Gasteiger partial charge in [-0.05, 0) is 40.4 Å². The van der Waals surface area contributed by atoms with Gasteiger partial charge in [0.25, 0.3) is 0 Å². The first kappa shape index (κ1) is 16.7. The van der Waals surface area contributed by atoms with Gasteiger partial charge >= 0.3 is 6.18 Å². The SMILES string of the molecule is CCC(CC)(C(CCC(F)(F)F)NC)N(C)C. The lowest BCUT2D eigenvalue weighted by Crippen LogP contribution is -2.57. The molecule has 0 aliphatic heterocycles. The molecule has 5 heteroatoms. The van der Waals surface area contributed by atoms with Crippen LogP contribution in [0.25, 0.3) is 0 Å². The lowest BCUT2D eigenvalue weighted by Gasteiger charge is -2.45. The molecule has 0 amide bonds. The van der Waals surface area contributed by atoms with Crippen LogP contribution in [0.15, 0.2) is 0 Å². The maximum absolute atomic E-state index is 12.3. The Morgan fingerprint density at radius 3 is 1.82 bits per heavy atom. The molecule has 0 fully saturated rings. The van der Waals surface area contributed by atoms with Gasteiger partial charge in [0.1, 0.15) is 0 Å². The predicted octanol–water partition coefficient (Wildman–Crippen LogP) is 3.04. The van der Waals surface area contributed by atoms with Crippen molar-refractivity contribution in [2.75, 3.05) is 21.1 Å². The van der Waals surface area contributed by atoms with Gasteiger partial charge in [0.05, 0.1) is 0 Å². The lowest BCUT2D eigenvalue weighted by molar-refractivity contribution is -0.138. The molecule has 1 N–H and O–H groups in total. The molecule has 0 saturated heterocycles. The number of hydrogen-bond donors (Lipinski definition) is 1. The van der Waals surface area contributed by atoms with Crippen LogP contribution in [0.3, 0.4) is 0 Å². The van der Waals surface area contributed by atoms with Gasteiger partial charge in [-0.2, -0.15) is 13.2 Å². The van der Waals surface area contributed by atoms with Crippen LogP contribution in [-0.2, 0) is 0 Å². The normalized spacial score (nSPS) is 15.4. The minimum absolute atomic E-state index is 0.125. The fraction of sp³-hybridized carbons (Fsp3) is 1.00. The van der Waals surface area contributed by atoms with Crippen LogP contribution in [0.1, 0.15) is 39.5 Å². The molecule has 1 unspecified atom stereocenters. The van der Waals surface area contributed by atoms with Crippen LogP contribution in [0.5, 0.6) is 0 Å². The zero-order valence-electron chi connectivity index (χ0n) is 11.5. The lowest BCUT2D eigenvalue weighted by atomic mass is 9.81. The molecule has 0 bridgehead atoms. The Kier molecular flexibility index (Phi) is 6.48. The van der Waals surface area contributed by atoms with E-state index in [0.29, 0.717) is 0 Å². The van der Waals surface area contributed by atoms with Crippen LogP contribution in [-0.4, -0.2) is 43.8 Å². The van der Waals surface area contributed by atoms with E-state index < -0.39 is 12.6 Å². The van der Waals surface area contributed by atoms with Gasteiger partial charge in [-0.1, -0.05) is 13.8 Å². The standard InChI is InChI=1S/C12H25F3N2/c1-6-11(7-2,17(4)5)10(16-3)8-9-12(13,14)15/h10,16H,6-9H2,1-5H3. The molecule has 0 rings (SSSR count). The maximum Gasteiger partial charge on any atom is 0.389 e. The molecule has 0 aromatic carbocycles. The van der Waals surface area contributed by atoms with Crippen molar-refractivity contribution in [3.05, 3.63) is 0 Å². The summed E-state index contributed by atoms with van der Waals surface area (Å²) in [5, 5.41) is 3.06. The molecule has 0 aromatic rings. The van der Waals surface area contributed by atoms with E-state index >= 15 is 0 Å². The molecule has 0 heterocycles. The summed E-state index contributed by atoms with van der Waals surface area (Å²) in [6.07, 6.45) is -3.01. The maximum atomic E-state index is 12.3. The highest BCUT2D eigenvalue weighted by atomic mass is 19.4. The molecule has 1 atom stereocenters. The second kappa shape index (κ2) is 6.59. The fourth-order valence-corrected chi connectivity index (χ4v) is 2.68. The van der Waals surface area contributed by atoms with Gasteiger partial charge in [-0.3, -0.25) is 0 Å². The third-order valence-corrected chi connectivity index (χ3v) is 3.83. The number of halogens is 3. The molecule has 0 radical (unpaired) electrons. The summed E-state index contributed by atoms with van der Waals surface area (Å²) in [5.41, 5.74) is -0.208. The van der Waals surface area contributed by atoms with Crippen LogP contribution in [0.4, 0.5) is 13.2 Å². The van der Waals surface area contributed by atoms with E-state index in [2.05, 4.69) is 5.32 Å². The first-order chi connectivity index (χ1) is 7.73. The Bertz CT molecular complexity index is 210. The molecule has 2 nitrogen and oxygen atoms in total. The Hall–Kier alpha value is -0.290. The van der Waals surface area contributed by atoms with Crippen molar-refractivity contribution in [1.82, 2.24) is 10.2 Å². The average Bonchev–Trinajstić information content (AvgIpc) is 2.22. The van der Waals surface area contributed by atoms with Gasteiger partial charge in [0, 0.05) is 18.0 Å². The molecule has 0 aromatic heterocycles. The second-order valence-electron chi connectivity index (χ2n) is 4.70. The highest BCUT2D eigenvalue weighted by molar-refractivity contribution is 4.96. The average molecular weight is 254 g/mol. The summed E-state index contributed by atoms with van der Waals surface area (Å²) in [4.78, 5) is 2.05. The Morgan fingerprint density at radius 2 is 1.59 bits per heavy atom. The highest BCUT2D eigenvalue weighted by Gasteiger charge is 2.39. The smallest absolute Gasteiger partial charge is 0.315 e. The van der Waals surface area contributed by atoms with Crippen molar-refractivity contribution < 1.29 is 13.2 Å². The molecule has 104 valence electrons. The first-order valence-electron chi connectivity index (χ1n) is 6.15. The van der Waals surface area contributed by atoms with Crippen molar-refractivity contribution >= 4 is 0 Å². The summed E-state index contributed by atoms with van der Waals surface area (Å²) in [5.74, 6) is 0. The number of alkyl halides is 3. The molecule has 0 saturated carbocycles. The highest BCUT2D eigenvalue weighted by Crippen LogP contribution is 2.31. The fourth-order valence-electron chi connectivity index (χ4n) is 2.68. The third kappa shape index (κ3) is 4.47. The third-order valence-electron chi connectivity index (χ3n) is 3.83. The Balaban J connectivity index is 4.80. The van der Waals surface area contributed by atoms with Crippen LogP contribution in [0, 0.1) is 0 Å². The van der Waals surface area contributed by atoms with E-state index in [9.17, 15) is 13.2 Å². The van der Waals surface area contributed by atoms with E-state index in [1.54, 1.807) is 7.05 Å². The molecular formula is C12H25F3N2. The van der Waals surface area contributed by atoms with E-state index in [4.69, 9.17) is 0 Å². The monoisotopic (exact) mass is 254 g/mol. The zero-order chi connectivity index (χ0) is 13.7. The van der Waals surface area contributed by atoms with Crippen molar-refractivity contribution in [3.8, 4) is 0 Å². The van der Waals surface area contributed by atoms with Gasteiger partial charge in [0.2, 0.25) is 0 Å². The quantitative estimate of drug-likeness (QED) is 0.751. The minimum atomic E-state index is -4.07. The Morgan fingerprint density at radius 1 is 1.12 bits per heavy atom. The van der Waals surface area contributed by atoms with Gasteiger partial charge in [-0.25, -0.2) is 0 Å². The van der Waals surface area contributed by atoms with E-state index in [-0.39, 0.29) is 18.0 Å². The predicted molar refractivity (Wildman–Crippen MR) is 65.1 cm³/mol.